The number of methoxy groups -OCH3 is 1. The molecule has 204 valence electrons. The molecule has 1 amide bonds. The molecule has 1 aliphatic heterocycles. The number of ether oxygens (including phenoxy) is 2. The first-order chi connectivity index (χ1) is 19.3. The largest absolute Gasteiger partial charge is 0.507 e. The van der Waals surface area contributed by atoms with Crippen LogP contribution >= 0.6 is 0 Å². The van der Waals surface area contributed by atoms with Gasteiger partial charge in [0.1, 0.15) is 17.3 Å². The van der Waals surface area contributed by atoms with Gasteiger partial charge < -0.3 is 24.5 Å². The summed E-state index contributed by atoms with van der Waals surface area (Å²) in [7, 11) is 1.59. The van der Waals surface area contributed by atoms with E-state index in [1.807, 2.05) is 31.3 Å². The molecule has 1 fully saturated rings. The summed E-state index contributed by atoms with van der Waals surface area (Å²) in [4.78, 5) is 42.1. The highest BCUT2D eigenvalue weighted by Crippen LogP contribution is 2.40. The number of aromatic nitrogens is 1. The van der Waals surface area contributed by atoms with Crippen LogP contribution in [0.1, 0.15) is 29.7 Å². The van der Waals surface area contributed by atoms with Gasteiger partial charge in [0.05, 0.1) is 30.3 Å². The number of carbonyl (C=O) groups is 2. The Morgan fingerprint density at radius 1 is 1.07 bits per heavy atom. The molecule has 1 saturated heterocycles. The Labute approximate surface area is 229 Å². The highest BCUT2D eigenvalue weighted by molar-refractivity contribution is 6.46. The molecule has 0 saturated carbocycles. The first kappa shape index (κ1) is 26.5. The molecule has 2 heterocycles. The quantitative estimate of drug-likeness (QED) is 0.0984. The summed E-state index contributed by atoms with van der Waals surface area (Å²) in [5, 5.41) is 23.5. The number of nitro groups is 1. The normalized spacial score (nSPS) is 16.4. The predicted molar refractivity (Wildman–Crippen MR) is 148 cm³/mol. The molecule has 4 aromatic rings. The fourth-order valence-electron chi connectivity index (χ4n) is 5.02. The lowest BCUT2D eigenvalue weighted by atomic mass is 9.95. The first-order valence-electron chi connectivity index (χ1n) is 12.7. The van der Waals surface area contributed by atoms with Crippen molar-refractivity contribution in [1.82, 2.24) is 9.88 Å². The van der Waals surface area contributed by atoms with Gasteiger partial charge in [-0.15, -0.1) is 0 Å². The summed E-state index contributed by atoms with van der Waals surface area (Å²) >= 11 is 0. The number of fused-ring (bicyclic) bond motifs is 1. The third kappa shape index (κ3) is 4.86. The Morgan fingerprint density at radius 2 is 1.82 bits per heavy atom. The number of Topliss-reactive ketones (excluding diaryl/α,β-unsaturated/α-hetero) is 1. The molecular formula is C30H27N3O7. The van der Waals surface area contributed by atoms with Crippen LogP contribution in [-0.2, 0) is 16.0 Å². The molecule has 10 nitrogen and oxygen atoms in total. The van der Waals surface area contributed by atoms with Gasteiger partial charge in [-0.2, -0.15) is 0 Å². The van der Waals surface area contributed by atoms with Crippen molar-refractivity contribution in [2.75, 3.05) is 20.3 Å². The number of aromatic amines is 1. The molecule has 2 N–H and O–H groups in total. The van der Waals surface area contributed by atoms with E-state index in [0.717, 1.165) is 16.5 Å². The van der Waals surface area contributed by atoms with Crippen molar-refractivity contribution < 1.29 is 29.1 Å². The number of aliphatic hydroxyl groups excluding tert-OH is 1. The van der Waals surface area contributed by atoms with Crippen molar-refractivity contribution in [3.63, 3.8) is 0 Å². The molecule has 0 spiro atoms. The molecule has 5 rings (SSSR count). The van der Waals surface area contributed by atoms with Crippen LogP contribution in [0.25, 0.3) is 16.7 Å². The highest BCUT2D eigenvalue weighted by atomic mass is 16.6. The second-order valence-electron chi connectivity index (χ2n) is 9.28. The Balaban J connectivity index is 1.56. The number of rotatable bonds is 9. The zero-order chi connectivity index (χ0) is 28.4. The van der Waals surface area contributed by atoms with Crippen molar-refractivity contribution >= 4 is 34.0 Å². The van der Waals surface area contributed by atoms with Gasteiger partial charge in [0, 0.05) is 41.3 Å². The predicted octanol–water partition coefficient (Wildman–Crippen LogP) is 5.15. The molecular weight excluding hydrogens is 514 g/mol. The summed E-state index contributed by atoms with van der Waals surface area (Å²) < 4.78 is 10.9. The summed E-state index contributed by atoms with van der Waals surface area (Å²) in [6, 6.07) is 17.0. The number of carbonyl (C=O) groups excluding carboxylic acids is 2. The number of nitrogens with one attached hydrogen (secondary N) is 1. The van der Waals surface area contributed by atoms with Gasteiger partial charge in [-0.1, -0.05) is 24.3 Å². The third-order valence-corrected chi connectivity index (χ3v) is 6.97. The fourth-order valence-corrected chi connectivity index (χ4v) is 5.02. The molecule has 0 bridgehead atoms. The van der Waals surface area contributed by atoms with Gasteiger partial charge in [-0.05, 0) is 54.8 Å². The third-order valence-electron chi connectivity index (χ3n) is 6.97. The van der Waals surface area contributed by atoms with E-state index in [2.05, 4.69) is 4.98 Å². The van der Waals surface area contributed by atoms with E-state index in [4.69, 9.17) is 9.47 Å². The zero-order valence-electron chi connectivity index (χ0n) is 21.9. The smallest absolute Gasteiger partial charge is 0.295 e. The molecule has 1 atom stereocenters. The summed E-state index contributed by atoms with van der Waals surface area (Å²) in [5.74, 6) is -0.776. The number of likely N-dealkylation sites (tertiary alicyclic amines) is 1. The van der Waals surface area contributed by atoms with E-state index in [0.29, 0.717) is 30.1 Å². The minimum absolute atomic E-state index is 0.0758. The fraction of sp³-hybridized carbons (Fsp3) is 0.200. The molecule has 10 heteroatoms. The summed E-state index contributed by atoms with van der Waals surface area (Å²) in [5.41, 5.74) is 2.13. The number of aliphatic hydroxyl groups is 1. The van der Waals surface area contributed by atoms with Gasteiger partial charge in [-0.25, -0.2) is 0 Å². The maximum absolute atomic E-state index is 13.4. The average molecular weight is 542 g/mol. The van der Waals surface area contributed by atoms with Crippen LogP contribution < -0.4 is 9.47 Å². The van der Waals surface area contributed by atoms with Crippen LogP contribution in [0.15, 0.2) is 78.5 Å². The molecule has 0 radical (unpaired) electrons. The van der Waals surface area contributed by atoms with Crippen molar-refractivity contribution in [3.8, 4) is 11.5 Å². The molecule has 1 aliphatic rings. The van der Waals surface area contributed by atoms with Gasteiger partial charge >= 0.3 is 0 Å². The lowest BCUT2D eigenvalue weighted by Gasteiger charge is -2.25. The monoisotopic (exact) mass is 541 g/mol. The van der Waals surface area contributed by atoms with E-state index in [1.165, 1.54) is 29.2 Å². The second kappa shape index (κ2) is 10.9. The number of hydrogen-bond acceptors (Lipinski definition) is 7. The maximum atomic E-state index is 13.4. The van der Waals surface area contributed by atoms with Gasteiger partial charge in [0.2, 0.25) is 0 Å². The van der Waals surface area contributed by atoms with Crippen LogP contribution in [0.4, 0.5) is 5.69 Å². The van der Waals surface area contributed by atoms with Crippen LogP contribution in [0.3, 0.4) is 0 Å². The SMILES string of the molecule is CCOc1ccc([C@@H]2C(=C(O)c3cccc([N+](=O)[O-])c3)C(=O)C(=O)N2CCc2c[nH]c3ccc(OC)cc23)cc1. The van der Waals surface area contributed by atoms with Crippen molar-refractivity contribution in [3.05, 3.63) is 105 Å². The lowest BCUT2D eigenvalue weighted by Crippen LogP contribution is -2.31. The van der Waals surface area contributed by atoms with Gasteiger partial charge in [0.15, 0.2) is 0 Å². The van der Waals surface area contributed by atoms with Crippen molar-refractivity contribution in [1.29, 1.82) is 0 Å². The number of amides is 1. The zero-order valence-corrected chi connectivity index (χ0v) is 21.9. The minimum Gasteiger partial charge on any atom is -0.507 e. The number of ketones is 1. The Kier molecular flexibility index (Phi) is 7.24. The number of H-pyrrole nitrogens is 1. The second-order valence-corrected chi connectivity index (χ2v) is 9.28. The first-order valence-corrected chi connectivity index (χ1v) is 12.7. The topological polar surface area (TPSA) is 135 Å². The van der Waals surface area contributed by atoms with Gasteiger partial charge in [0.25, 0.3) is 17.4 Å². The lowest BCUT2D eigenvalue weighted by molar-refractivity contribution is -0.384. The number of nitro benzene ring substituents is 1. The number of hydrogen-bond donors (Lipinski definition) is 2. The number of nitrogens with zero attached hydrogens (tertiary/aromatic N) is 2. The Hall–Kier alpha value is -5.12. The molecule has 40 heavy (non-hydrogen) atoms. The van der Waals surface area contributed by atoms with Crippen LogP contribution in [0.2, 0.25) is 0 Å². The maximum Gasteiger partial charge on any atom is 0.295 e. The van der Waals surface area contributed by atoms with Crippen LogP contribution in [0.5, 0.6) is 11.5 Å². The van der Waals surface area contributed by atoms with Gasteiger partial charge in [-0.3, -0.25) is 19.7 Å². The summed E-state index contributed by atoms with van der Waals surface area (Å²) in [6.45, 7) is 2.51. The Morgan fingerprint density at radius 3 is 2.52 bits per heavy atom. The summed E-state index contributed by atoms with van der Waals surface area (Å²) in [6.07, 6.45) is 2.28. The van der Waals surface area contributed by atoms with Crippen LogP contribution in [-0.4, -0.2) is 51.9 Å². The van der Waals surface area contributed by atoms with Crippen molar-refractivity contribution in [2.45, 2.75) is 19.4 Å². The molecule has 1 aromatic heterocycles. The molecule has 0 aliphatic carbocycles. The van der Waals surface area contributed by atoms with E-state index in [9.17, 15) is 24.8 Å². The highest BCUT2D eigenvalue weighted by Gasteiger charge is 2.46. The van der Waals surface area contributed by atoms with E-state index in [1.54, 1.807) is 31.4 Å². The minimum atomic E-state index is -0.908. The van der Waals surface area contributed by atoms with E-state index < -0.39 is 28.4 Å². The molecule has 0 unspecified atom stereocenters. The average Bonchev–Trinajstić information content (AvgIpc) is 3.49. The van der Waals surface area contributed by atoms with Crippen LogP contribution in [0, 0.1) is 10.1 Å². The molecule has 3 aromatic carbocycles. The van der Waals surface area contributed by atoms with E-state index in [-0.39, 0.29) is 23.4 Å². The standard InChI is InChI=1S/C30H27N3O7/c1-3-40-22-9-7-18(8-10-22)27-26(28(34)19-5-4-6-21(15-19)33(37)38)29(35)30(36)32(27)14-13-20-17-31-25-12-11-23(39-2)16-24(20)25/h4-12,15-17,27,31,34H,3,13-14H2,1-2H3/t27-/m1/s1. The number of non-ortho nitro benzene ring substituents is 1. The Bertz CT molecular complexity index is 1640. The van der Waals surface area contributed by atoms with Crippen molar-refractivity contribution in [2.24, 2.45) is 0 Å². The number of benzene rings is 3. The van der Waals surface area contributed by atoms with E-state index >= 15 is 0 Å².